The van der Waals surface area contributed by atoms with Crippen LogP contribution in [0.15, 0.2) is 4.79 Å². The first-order valence-corrected chi connectivity index (χ1v) is 11.6. The van der Waals surface area contributed by atoms with Crippen LogP contribution < -0.4 is 16.6 Å². The largest absolute Gasteiger partial charge is 0.456 e. The van der Waals surface area contributed by atoms with Gasteiger partial charge in [-0.2, -0.15) is 0 Å². The molecule has 1 aliphatic carbocycles. The van der Waals surface area contributed by atoms with Gasteiger partial charge in [0.25, 0.3) is 11.5 Å². The summed E-state index contributed by atoms with van der Waals surface area (Å²) < 4.78 is 12.3. The van der Waals surface area contributed by atoms with E-state index in [1.807, 2.05) is 5.32 Å². The summed E-state index contributed by atoms with van der Waals surface area (Å²) in [6.45, 7) is 0.477. The van der Waals surface area contributed by atoms with Crippen molar-refractivity contribution in [1.82, 2.24) is 14.9 Å². The molecule has 0 spiro atoms. The molecule has 172 valence electrons. The molecule has 2 aromatic rings. The maximum Gasteiger partial charge on any atom is 0.318 e. The standard InChI is InChI=1S/C21H26N4O6S/c22-21(29)24-16(26)11-31-17(27)8-7-15-23-19-18(13-5-1-2-6-14(13)32-19)20(28)25(15)10-12-4-3-9-30-12/h12H,1-11H2,(H3,22,24,26,29)/t12-/m1/s1. The predicted octanol–water partition coefficient (Wildman–Crippen LogP) is 1.19. The third kappa shape index (κ3) is 4.99. The third-order valence-corrected chi connectivity index (χ3v) is 6.93. The molecule has 3 heterocycles. The molecule has 10 nitrogen and oxygen atoms in total. The van der Waals surface area contributed by atoms with Gasteiger partial charge >= 0.3 is 12.0 Å². The molecular formula is C21H26N4O6S. The smallest absolute Gasteiger partial charge is 0.318 e. The lowest BCUT2D eigenvalue weighted by Gasteiger charge is -2.17. The number of ether oxygens (including phenoxy) is 2. The molecule has 11 heteroatoms. The van der Waals surface area contributed by atoms with Crippen LogP contribution in [0.3, 0.4) is 0 Å². The number of nitrogens with zero attached hydrogens (tertiary/aromatic N) is 2. The van der Waals surface area contributed by atoms with Gasteiger partial charge < -0.3 is 15.2 Å². The van der Waals surface area contributed by atoms with Crippen LogP contribution in [0.25, 0.3) is 10.2 Å². The van der Waals surface area contributed by atoms with E-state index >= 15 is 0 Å². The third-order valence-electron chi connectivity index (χ3n) is 5.74. The molecule has 4 rings (SSSR count). The number of carbonyl (C=O) groups is 3. The number of nitrogens with one attached hydrogen (secondary N) is 1. The Morgan fingerprint density at radius 2 is 2.06 bits per heavy atom. The molecule has 0 radical (unpaired) electrons. The summed E-state index contributed by atoms with van der Waals surface area (Å²) in [5.74, 6) is -0.923. The van der Waals surface area contributed by atoms with Crippen LogP contribution in [0.2, 0.25) is 0 Å². The molecule has 2 aliphatic rings. The molecule has 1 saturated heterocycles. The van der Waals surface area contributed by atoms with Gasteiger partial charge in [-0.1, -0.05) is 0 Å². The number of rotatable bonds is 7. The predicted molar refractivity (Wildman–Crippen MR) is 117 cm³/mol. The Morgan fingerprint density at radius 1 is 1.25 bits per heavy atom. The number of primary amides is 1. The fraction of sp³-hybridized carbons (Fsp3) is 0.571. The van der Waals surface area contributed by atoms with E-state index in [2.05, 4.69) is 0 Å². The lowest BCUT2D eigenvalue weighted by atomic mass is 9.97. The lowest BCUT2D eigenvalue weighted by molar-refractivity contribution is -0.148. The maximum absolute atomic E-state index is 13.5. The number of nitrogens with two attached hydrogens (primary N) is 1. The van der Waals surface area contributed by atoms with Crippen LogP contribution in [0, 0.1) is 0 Å². The van der Waals surface area contributed by atoms with Gasteiger partial charge in [0.15, 0.2) is 6.61 Å². The normalized spacial score (nSPS) is 17.8. The van der Waals surface area contributed by atoms with E-state index < -0.39 is 24.5 Å². The number of aromatic nitrogens is 2. The van der Waals surface area contributed by atoms with Crippen molar-refractivity contribution in [1.29, 1.82) is 0 Å². The zero-order valence-corrected chi connectivity index (χ0v) is 18.5. The van der Waals surface area contributed by atoms with E-state index in [9.17, 15) is 19.2 Å². The fourth-order valence-electron chi connectivity index (χ4n) is 4.26. The zero-order valence-electron chi connectivity index (χ0n) is 17.7. The second kappa shape index (κ2) is 9.78. The number of imide groups is 1. The number of hydrogen-bond donors (Lipinski definition) is 2. The highest BCUT2D eigenvalue weighted by molar-refractivity contribution is 7.18. The van der Waals surface area contributed by atoms with Crippen LogP contribution in [-0.4, -0.2) is 46.8 Å². The molecule has 2 aromatic heterocycles. The van der Waals surface area contributed by atoms with Crippen molar-refractivity contribution in [2.24, 2.45) is 5.73 Å². The molecular weight excluding hydrogens is 436 g/mol. The summed E-state index contributed by atoms with van der Waals surface area (Å²) in [7, 11) is 0. The van der Waals surface area contributed by atoms with E-state index in [1.165, 1.54) is 4.88 Å². The van der Waals surface area contributed by atoms with Gasteiger partial charge in [-0.25, -0.2) is 9.78 Å². The van der Waals surface area contributed by atoms with Crippen molar-refractivity contribution in [2.45, 2.75) is 64.0 Å². The number of esters is 1. The van der Waals surface area contributed by atoms with Crippen molar-refractivity contribution in [3.63, 3.8) is 0 Å². The minimum absolute atomic E-state index is 0.0513. The van der Waals surface area contributed by atoms with Gasteiger partial charge in [0.05, 0.1) is 24.5 Å². The average molecular weight is 463 g/mol. The molecule has 3 N–H and O–H groups in total. The topological polar surface area (TPSA) is 143 Å². The maximum atomic E-state index is 13.5. The highest BCUT2D eigenvalue weighted by atomic mass is 32.1. The molecule has 1 atom stereocenters. The van der Waals surface area contributed by atoms with Crippen LogP contribution in [0.5, 0.6) is 0 Å². The van der Waals surface area contributed by atoms with E-state index in [4.69, 9.17) is 20.2 Å². The van der Waals surface area contributed by atoms with Crippen LogP contribution in [0.1, 0.15) is 48.4 Å². The second-order valence-corrected chi connectivity index (χ2v) is 9.13. The van der Waals surface area contributed by atoms with Gasteiger partial charge in [-0.15, -0.1) is 11.3 Å². The molecule has 32 heavy (non-hydrogen) atoms. The number of aryl methyl sites for hydroxylation is 3. The van der Waals surface area contributed by atoms with E-state index in [1.54, 1.807) is 15.9 Å². The Bertz CT molecular complexity index is 1100. The Balaban J connectivity index is 1.55. The SMILES string of the molecule is NC(=O)NC(=O)COC(=O)CCc1nc2sc3c(c2c(=O)n1C[C@H]1CCCO1)CCCC3. The van der Waals surface area contributed by atoms with Gasteiger partial charge in [-0.3, -0.25) is 24.3 Å². The number of thiophene rings is 1. The summed E-state index contributed by atoms with van der Waals surface area (Å²) >= 11 is 1.57. The first-order valence-electron chi connectivity index (χ1n) is 10.8. The van der Waals surface area contributed by atoms with Crippen LogP contribution in [0.4, 0.5) is 4.79 Å². The zero-order chi connectivity index (χ0) is 22.7. The summed E-state index contributed by atoms with van der Waals surface area (Å²) in [6, 6.07) is -1.01. The van der Waals surface area contributed by atoms with Crippen molar-refractivity contribution in [2.75, 3.05) is 13.2 Å². The van der Waals surface area contributed by atoms with Crippen molar-refractivity contribution >= 4 is 39.5 Å². The summed E-state index contributed by atoms with van der Waals surface area (Å²) in [5.41, 5.74) is 5.90. The van der Waals surface area contributed by atoms with Gasteiger partial charge in [0, 0.05) is 17.9 Å². The molecule has 3 amide bonds. The molecule has 0 unspecified atom stereocenters. The van der Waals surface area contributed by atoms with E-state index in [0.717, 1.165) is 48.9 Å². The van der Waals surface area contributed by atoms with Crippen molar-refractivity contribution in [3.05, 3.63) is 26.6 Å². The number of urea groups is 1. The summed E-state index contributed by atoms with van der Waals surface area (Å²) in [4.78, 5) is 54.4. The molecule has 0 aromatic carbocycles. The molecule has 0 saturated carbocycles. The van der Waals surface area contributed by atoms with Crippen molar-refractivity contribution in [3.8, 4) is 0 Å². The Hall–Kier alpha value is -2.79. The highest BCUT2D eigenvalue weighted by Crippen LogP contribution is 2.34. The minimum Gasteiger partial charge on any atom is -0.456 e. The lowest BCUT2D eigenvalue weighted by Crippen LogP contribution is -2.37. The quantitative estimate of drug-likeness (QED) is 0.588. The van der Waals surface area contributed by atoms with E-state index in [-0.39, 0.29) is 24.5 Å². The first kappa shape index (κ1) is 22.4. The minimum atomic E-state index is -1.01. The molecule has 1 aliphatic heterocycles. The number of amides is 3. The molecule has 1 fully saturated rings. The van der Waals surface area contributed by atoms with Crippen LogP contribution in [-0.2, 0) is 44.9 Å². The monoisotopic (exact) mass is 462 g/mol. The first-order chi connectivity index (χ1) is 15.4. The number of carbonyl (C=O) groups excluding carboxylic acids is 3. The molecule has 0 bridgehead atoms. The Labute approximate surface area is 188 Å². The summed E-state index contributed by atoms with van der Waals surface area (Å²) in [6.07, 6.45) is 5.97. The number of hydrogen-bond acceptors (Lipinski definition) is 8. The van der Waals surface area contributed by atoms with Crippen LogP contribution >= 0.6 is 11.3 Å². The van der Waals surface area contributed by atoms with Gasteiger partial charge in [-0.05, 0) is 44.1 Å². The fourth-order valence-corrected chi connectivity index (χ4v) is 5.53. The summed E-state index contributed by atoms with van der Waals surface area (Å²) in [5, 5.41) is 2.53. The van der Waals surface area contributed by atoms with Gasteiger partial charge in [0.1, 0.15) is 10.7 Å². The average Bonchev–Trinajstić information content (AvgIpc) is 3.39. The highest BCUT2D eigenvalue weighted by Gasteiger charge is 2.25. The number of fused-ring (bicyclic) bond motifs is 3. The van der Waals surface area contributed by atoms with E-state index in [0.29, 0.717) is 24.4 Å². The van der Waals surface area contributed by atoms with Crippen molar-refractivity contribution < 1.29 is 23.9 Å². The Kier molecular flexibility index (Phi) is 6.85. The second-order valence-electron chi connectivity index (χ2n) is 8.04. The van der Waals surface area contributed by atoms with Gasteiger partial charge in [0.2, 0.25) is 0 Å². The Morgan fingerprint density at radius 3 is 2.81 bits per heavy atom.